The zero-order valence-corrected chi connectivity index (χ0v) is 16.1. The molecule has 6 heteroatoms. The number of aromatic nitrogens is 2. The summed E-state index contributed by atoms with van der Waals surface area (Å²) >= 11 is 0. The maximum absolute atomic E-state index is 12.6. The second kappa shape index (κ2) is 8.99. The van der Waals surface area contributed by atoms with Crippen molar-refractivity contribution in [2.75, 3.05) is 11.9 Å². The van der Waals surface area contributed by atoms with Gasteiger partial charge in [0, 0.05) is 24.5 Å². The fourth-order valence-electron chi connectivity index (χ4n) is 2.72. The first-order valence-electron chi connectivity index (χ1n) is 9.28. The van der Waals surface area contributed by atoms with Gasteiger partial charge in [-0.05, 0) is 41.8 Å². The molecule has 28 heavy (non-hydrogen) atoms. The van der Waals surface area contributed by atoms with Crippen LogP contribution in [0.3, 0.4) is 0 Å². The van der Waals surface area contributed by atoms with E-state index < -0.39 is 0 Å². The van der Waals surface area contributed by atoms with E-state index in [-0.39, 0.29) is 11.8 Å². The topological polar surface area (TPSA) is 76.0 Å². The number of benzene rings is 2. The molecule has 3 aromatic rings. The predicted molar refractivity (Wildman–Crippen MR) is 109 cm³/mol. The summed E-state index contributed by atoms with van der Waals surface area (Å²) in [5.74, 6) is -0.0973. The molecular weight excluding hydrogens is 352 g/mol. The highest BCUT2D eigenvalue weighted by Gasteiger charge is 2.14. The standard InChI is InChI=1S/C22H24N4O2/c1-16(2)14-23-22(28)19-6-3-4-7-20(19)25-21(27)18-10-8-17(9-11-18)15-26-13-5-12-24-26/h3-13,16H,14-15H2,1-2H3,(H,23,28)(H,25,27). The Morgan fingerprint density at radius 2 is 1.75 bits per heavy atom. The van der Waals surface area contributed by atoms with Crippen LogP contribution in [-0.4, -0.2) is 28.1 Å². The number of amides is 2. The van der Waals surface area contributed by atoms with Crippen molar-refractivity contribution in [3.8, 4) is 0 Å². The van der Waals surface area contributed by atoms with E-state index in [1.165, 1.54) is 0 Å². The Labute approximate surface area is 164 Å². The van der Waals surface area contributed by atoms with E-state index in [2.05, 4.69) is 15.7 Å². The van der Waals surface area contributed by atoms with Gasteiger partial charge in [-0.15, -0.1) is 0 Å². The molecule has 144 valence electrons. The number of anilines is 1. The first-order valence-corrected chi connectivity index (χ1v) is 9.28. The molecule has 0 bridgehead atoms. The highest BCUT2D eigenvalue weighted by Crippen LogP contribution is 2.17. The summed E-state index contributed by atoms with van der Waals surface area (Å²) < 4.78 is 1.82. The zero-order chi connectivity index (χ0) is 19.9. The van der Waals surface area contributed by atoms with Gasteiger partial charge in [0.25, 0.3) is 11.8 Å². The molecule has 2 N–H and O–H groups in total. The maximum atomic E-state index is 12.6. The third kappa shape index (κ3) is 5.07. The van der Waals surface area contributed by atoms with Gasteiger partial charge >= 0.3 is 0 Å². The van der Waals surface area contributed by atoms with Crippen molar-refractivity contribution >= 4 is 17.5 Å². The van der Waals surface area contributed by atoms with Gasteiger partial charge in [0.05, 0.1) is 17.8 Å². The summed E-state index contributed by atoms with van der Waals surface area (Å²) in [5.41, 5.74) is 2.52. The maximum Gasteiger partial charge on any atom is 0.255 e. The number of nitrogens with zero attached hydrogens (tertiary/aromatic N) is 2. The zero-order valence-electron chi connectivity index (χ0n) is 16.1. The number of para-hydroxylation sites is 1. The van der Waals surface area contributed by atoms with Crippen LogP contribution in [-0.2, 0) is 6.54 Å². The number of nitrogens with one attached hydrogen (secondary N) is 2. The molecule has 0 fully saturated rings. The van der Waals surface area contributed by atoms with Gasteiger partial charge in [0.15, 0.2) is 0 Å². The average Bonchev–Trinajstić information content (AvgIpc) is 3.20. The fraction of sp³-hybridized carbons (Fsp3) is 0.227. The molecule has 6 nitrogen and oxygen atoms in total. The van der Waals surface area contributed by atoms with Gasteiger partial charge in [-0.2, -0.15) is 5.10 Å². The Balaban J connectivity index is 1.68. The predicted octanol–water partition coefficient (Wildman–Crippen LogP) is 3.57. The molecule has 0 aliphatic carbocycles. The molecule has 0 saturated carbocycles. The lowest BCUT2D eigenvalue weighted by Gasteiger charge is -2.13. The van der Waals surface area contributed by atoms with Gasteiger partial charge < -0.3 is 10.6 Å². The van der Waals surface area contributed by atoms with E-state index >= 15 is 0 Å². The van der Waals surface area contributed by atoms with Crippen LogP contribution in [0.15, 0.2) is 67.0 Å². The highest BCUT2D eigenvalue weighted by atomic mass is 16.2. The average molecular weight is 376 g/mol. The number of rotatable bonds is 7. The Kier molecular flexibility index (Phi) is 6.22. The Morgan fingerprint density at radius 1 is 1.00 bits per heavy atom. The third-order valence-corrected chi connectivity index (χ3v) is 4.21. The first kappa shape index (κ1) is 19.4. The second-order valence-corrected chi connectivity index (χ2v) is 7.00. The molecule has 0 atom stereocenters. The molecule has 0 spiro atoms. The second-order valence-electron chi connectivity index (χ2n) is 7.00. The van der Waals surface area contributed by atoms with Crippen molar-refractivity contribution in [2.24, 2.45) is 5.92 Å². The van der Waals surface area contributed by atoms with Crippen LogP contribution >= 0.6 is 0 Å². The van der Waals surface area contributed by atoms with Crippen molar-refractivity contribution in [3.05, 3.63) is 83.7 Å². The van der Waals surface area contributed by atoms with Gasteiger partial charge in [-0.25, -0.2) is 0 Å². The summed E-state index contributed by atoms with van der Waals surface area (Å²) in [6.07, 6.45) is 3.62. The monoisotopic (exact) mass is 376 g/mol. The molecule has 0 radical (unpaired) electrons. The van der Waals surface area contributed by atoms with Crippen LogP contribution in [0.1, 0.15) is 40.1 Å². The molecule has 0 unspecified atom stereocenters. The van der Waals surface area contributed by atoms with Gasteiger partial charge in [-0.3, -0.25) is 14.3 Å². The lowest BCUT2D eigenvalue weighted by Crippen LogP contribution is -2.28. The van der Waals surface area contributed by atoms with E-state index in [0.29, 0.717) is 35.8 Å². The van der Waals surface area contributed by atoms with Crippen LogP contribution in [0.5, 0.6) is 0 Å². The van der Waals surface area contributed by atoms with Crippen molar-refractivity contribution in [1.82, 2.24) is 15.1 Å². The molecule has 2 aromatic carbocycles. The molecule has 3 rings (SSSR count). The lowest BCUT2D eigenvalue weighted by atomic mass is 10.1. The first-order chi connectivity index (χ1) is 13.5. The molecule has 0 saturated heterocycles. The van der Waals surface area contributed by atoms with Crippen molar-refractivity contribution in [3.63, 3.8) is 0 Å². The van der Waals surface area contributed by atoms with E-state index in [0.717, 1.165) is 5.56 Å². The smallest absolute Gasteiger partial charge is 0.255 e. The Hall–Kier alpha value is -3.41. The van der Waals surface area contributed by atoms with Crippen molar-refractivity contribution < 1.29 is 9.59 Å². The quantitative estimate of drug-likeness (QED) is 0.662. The number of hydrogen-bond acceptors (Lipinski definition) is 3. The number of carbonyl (C=O) groups excluding carboxylic acids is 2. The van der Waals surface area contributed by atoms with Crippen molar-refractivity contribution in [1.29, 1.82) is 0 Å². The largest absolute Gasteiger partial charge is 0.352 e. The fourth-order valence-corrected chi connectivity index (χ4v) is 2.72. The van der Waals surface area contributed by atoms with Gasteiger partial charge in [-0.1, -0.05) is 38.1 Å². The van der Waals surface area contributed by atoms with Crippen molar-refractivity contribution in [2.45, 2.75) is 20.4 Å². The summed E-state index contributed by atoms with van der Waals surface area (Å²) in [6, 6.07) is 16.2. The number of hydrogen-bond donors (Lipinski definition) is 2. The summed E-state index contributed by atoms with van der Waals surface area (Å²) in [5, 5.41) is 9.90. The van der Waals surface area contributed by atoms with Crippen LogP contribution in [0.2, 0.25) is 0 Å². The Morgan fingerprint density at radius 3 is 2.43 bits per heavy atom. The van der Waals surface area contributed by atoms with Crippen LogP contribution < -0.4 is 10.6 Å². The molecular formula is C22H24N4O2. The summed E-state index contributed by atoms with van der Waals surface area (Å²) in [4.78, 5) is 25.0. The molecule has 1 aromatic heterocycles. The molecule has 1 heterocycles. The summed E-state index contributed by atoms with van der Waals surface area (Å²) in [7, 11) is 0. The third-order valence-electron chi connectivity index (χ3n) is 4.21. The van der Waals surface area contributed by atoms with E-state index in [4.69, 9.17) is 0 Å². The highest BCUT2D eigenvalue weighted by molar-refractivity contribution is 6.09. The van der Waals surface area contributed by atoms with Gasteiger partial charge in [0.1, 0.15) is 0 Å². The minimum absolute atomic E-state index is 0.195. The minimum atomic E-state index is -0.255. The lowest BCUT2D eigenvalue weighted by molar-refractivity contribution is 0.0950. The molecule has 0 aliphatic rings. The Bertz CT molecular complexity index is 931. The molecule has 2 amide bonds. The minimum Gasteiger partial charge on any atom is -0.352 e. The SMILES string of the molecule is CC(C)CNC(=O)c1ccccc1NC(=O)c1ccc(Cn2cccn2)cc1. The number of carbonyl (C=O) groups is 2. The normalized spacial score (nSPS) is 10.7. The molecule has 0 aliphatic heterocycles. The van der Waals surface area contributed by atoms with Crippen LogP contribution in [0, 0.1) is 5.92 Å². The van der Waals surface area contributed by atoms with E-state index in [9.17, 15) is 9.59 Å². The van der Waals surface area contributed by atoms with Crippen LogP contribution in [0.25, 0.3) is 0 Å². The van der Waals surface area contributed by atoms with Crippen LogP contribution in [0.4, 0.5) is 5.69 Å². The summed E-state index contributed by atoms with van der Waals surface area (Å²) in [6.45, 7) is 5.29. The van der Waals surface area contributed by atoms with E-state index in [1.807, 2.05) is 42.9 Å². The van der Waals surface area contributed by atoms with Gasteiger partial charge in [0.2, 0.25) is 0 Å². The van der Waals surface area contributed by atoms with E-state index in [1.54, 1.807) is 42.6 Å².